The number of rotatable bonds is 2. The Kier molecular flexibility index (Phi) is 4.38. The molecular formula is C17H27FN2. The van der Waals surface area contributed by atoms with E-state index in [1.807, 2.05) is 19.1 Å². The molecule has 0 amide bonds. The fourth-order valence-corrected chi connectivity index (χ4v) is 3.05. The number of nitrogens with two attached hydrogens (primary N) is 1. The van der Waals surface area contributed by atoms with Crippen LogP contribution in [-0.4, -0.2) is 13.1 Å². The molecule has 0 saturated carbocycles. The number of anilines is 1. The molecule has 0 spiro atoms. The molecular weight excluding hydrogens is 251 g/mol. The van der Waals surface area contributed by atoms with Gasteiger partial charge in [0, 0.05) is 19.1 Å². The highest BCUT2D eigenvalue weighted by Crippen LogP contribution is 2.36. The maximum atomic E-state index is 14.2. The van der Waals surface area contributed by atoms with Crippen molar-refractivity contribution in [1.29, 1.82) is 0 Å². The van der Waals surface area contributed by atoms with Crippen molar-refractivity contribution in [1.82, 2.24) is 0 Å². The molecule has 1 aromatic rings. The normalized spacial score (nSPS) is 19.2. The van der Waals surface area contributed by atoms with Gasteiger partial charge in [0.05, 0.1) is 5.69 Å². The van der Waals surface area contributed by atoms with Gasteiger partial charge in [-0.1, -0.05) is 26.8 Å². The quantitative estimate of drug-likeness (QED) is 0.882. The van der Waals surface area contributed by atoms with Gasteiger partial charge in [0.15, 0.2) is 0 Å². The van der Waals surface area contributed by atoms with Gasteiger partial charge in [-0.2, -0.15) is 0 Å². The summed E-state index contributed by atoms with van der Waals surface area (Å²) in [5, 5.41) is 0. The predicted octanol–water partition coefficient (Wildman–Crippen LogP) is 4.11. The van der Waals surface area contributed by atoms with Gasteiger partial charge in [0.1, 0.15) is 5.82 Å². The highest BCUT2D eigenvalue weighted by Gasteiger charge is 2.29. The van der Waals surface area contributed by atoms with E-state index in [4.69, 9.17) is 5.73 Å². The van der Waals surface area contributed by atoms with E-state index in [9.17, 15) is 4.39 Å². The van der Waals surface area contributed by atoms with Gasteiger partial charge in [0.2, 0.25) is 0 Å². The Labute approximate surface area is 122 Å². The van der Waals surface area contributed by atoms with Crippen LogP contribution in [0.3, 0.4) is 0 Å². The molecule has 1 aliphatic heterocycles. The average molecular weight is 278 g/mol. The lowest BCUT2D eigenvalue weighted by Crippen LogP contribution is -2.38. The summed E-state index contributed by atoms with van der Waals surface area (Å²) in [4.78, 5) is 2.17. The zero-order valence-corrected chi connectivity index (χ0v) is 13.1. The van der Waals surface area contributed by atoms with E-state index in [1.54, 1.807) is 6.07 Å². The molecule has 0 unspecified atom stereocenters. The molecule has 1 heterocycles. The van der Waals surface area contributed by atoms with Crippen LogP contribution in [0.25, 0.3) is 0 Å². The Morgan fingerprint density at radius 1 is 1.25 bits per heavy atom. The summed E-state index contributed by atoms with van der Waals surface area (Å²) in [6.07, 6.45) is 2.27. The van der Waals surface area contributed by atoms with Crippen LogP contribution >= 0.6 is 0 Å². The largest absolute Gasteiger partial charge is 0.369 e. The summed E-state index contributed by atoms with van der Waals surface area (Å²) in [6, 6.07) is 5.28. The van der Waals surface area contributed by atoms with Gasteiger partial charge >= 0.3 is 0 Å². The summed E-state index contributed by atoms with van der Waals surface area (Å²) in [5.41, 5.74) is 7.73. The molecule has 0 aromatic heterocycles. The highest BCUT2D eigenvalue weighted by atomic mass is 19.1. The van der Waals surface area contributed by atoms with Gasteiger partial charge in [0.25, 0.3) is 0 Å². The molecule has 0 aliphatic carbocycles. The maximum Gasteiger partial charge on any atom is 0.146 e. The van der Waals surface area contributed by atoms with Crippen molar-refractivity contribution in [3.05, 3.63) is 29.6 Å². The first-order chi connectivity index (χ1) is 9.29. The Balaban J connectivity index is 2.07. The first-order valence-electron chi connectivity index (χ1n) is 7.59. The van der Waals surface area contributed by atoms with Crippen LogP contribution in [0.1, 0.15) is 52.1 Å². The van der Waals surface area contributed by atoms with Crippen LogP contribution in [0.4, 0.5) is 10.1 Å². The molecule has 1 fully saturated rings. The molecule has 2 N–H and O–H groups in total. The van der Waals surface area contributed by atoms with Crippen molar-refractivity contribution < 1.29 is 4.39 Å². The summed E-state index contributed by atoms with van der Waals surface area (Å²) >= 11 is 0. The smallest absolute Gasteiger partial charge is 0.146 e. The molecule has 20 heavy (non-hydrogen) atoms. The Morgan fingerprint density at radius 2 is 1.85 bits per heavy atom. The molecule has 1 saturated heterocycles. The van der Waals surface area contributed by atoms with E-state index >= 15 is 0 Å². The fraction of sp³-hybridized carbons (Fsp3) is 0.647. The lowest BCUT2D eigenvalue weighted by molar-refractivity contribution is 0.198. The summed E-state index contributed by atoms with van der Waals surface area (Å²) in [6.45, 7) is 10.7. The minimum absolute atomic E-state index is 0.120. The zero-order valence-electron chi connectivity index (χ0n) is 13.1. The third kappa shape index (κ3) is 3.32. The lowest BCUT2D eigenvalue weighted by Gasteiger charge is -2.39. The highest BCUT2D eigenvalue weighted by molar-refractivity contribution is 5.50. The van der Waals surface area contributed by atoms with E-state index in [-0.39, 0.29) is 11.9 Å². The topological polar surface area (TPSA) is 29.3 Å². The minimum atomic E-state index is -0.144. The van der Waals surface area contributed by atoms with Crippen LogP contribution in [0, 0.1) is 17.2 Å². The van der Waals surface area contributed by atoms with Crippen LogP contribution < -0.4 is 10.6 Å². The molecule has 1 atom stereocenters. The summed E-state index contributed by atoms with van der Waals surface area (Å²) < 4.78 is 14.2. The SMILES string of the molecule is C[C@H](N)c1ccc(N2CCC(C(C)(C)C)CC2)c(F)c1. The molecule has 3 heteroatoms. The van der Waals surface area contributed by atoms with Crippen molar-refractivity contribution in [2.45, 2.75) is 46.6 Å². The summed E-state index contributed by atoms with van der Waals surface area (Å²) in [7, 11) is 0. The second-order valence-corrected chi connectivity index (χ2v) is 7.13. The third-order valence-corrected chi connectivity index (χ3v) is 4.56. The van der Waals surface area contributed by atoms with Crippen LogP contribution in [0.15, 0.2) is 18.2 Å². The third-order valence-electron chi connectivity index (χ3n) is 4.56. The monoisotopic (exact) mass is 278 g/mol. The van der Waals surface area contributed by atoms with E-state index in [2.05, 4.69) is 25.7 Å². The van der Waals surface area contributed by atoms with Crippen molar-refractivity contribution in [2.75, 3.05) is 18.0 Å². The first-order valence-corrected chi connectivity index (χ1v) is 7.59. The van der Waals surface area contributed by atoms with Crippen molar-refractivity contribution in [3.8, 4) is 0 Å². The van der Waals surface area contributed by atoms with Crippen molar-refractivity contribution in [2.24, 2.45) is 17.1 Å². The van der Waals surface area contributed by atoms with Gasteiger partial charge in [-0.25, -0.2) is 4.39 Å². The Morgan fingerprint density at radius 3 is 2.30 bits per heavy atom. The number of piperidine rings is 1. The molecule has 2 nitrogen and oxygen atoms in total. The van der Waals surface area contributed by atoms with Crippen molar-refractivity contribution in [3.63, 3.8) is 0 Å². The number of halogens is 1. The van der Waals surface area contributed by atoms with Crippen LogP contribution in [0.5, 0.6) is 0 Å². The van der Waals surface area contributed by atoms with Gasteiger partial charge < -0.3 is 10.6 Å². The molecule has 2 rings (SSSR count). The molecule has 112 valence electrons. The van der Waals surface area contributed by atoms with E-state index in [1.165, 1.54) is 0 Å². The molecule has 0 radical (unpaired) electrons. The van der Waals surface area contributed by atoms with Gasteiger partial charge in [-0.05, 0) is 48.8 Å². The van der Waals surface area contributed by atoms with E-state index < -0.39 is 0 Å². The maximum absolute atomic E-state index is 14.2. The van der Waals surface area contributed by atoms with Crippen molar-refractivity contribution >= 4 is 5.69 Å². The Hall–Kier alpha value is -1.09. The second kappa shape index (κ2) is 5.72. The molecule has 1 aromatic carbocycles. The molecule has 0 bridgehead atoms. The second-order valence-electron chi connectivity index (χ2n) is 7.13. The number of hydrogen-bond acceptors (Lipinski definition) is 2. The standard InChI is InChI=1S/C17H27FN2/c1-12(19)13-5-6-16(15(18)11-13)20-9-7-14(8-10-20)17(2,3)4/h5-6,11-12,14H,7-10,19H2,1-4H3/t12-/m0/s1. The van der Waals surface area contributed by atoms with E-state index in [0.29, 0.717) is 5.41 Å². The predicted molar refractivity (Wildman–Crippen MR) is 83.4 cm³/mol. The fourth-order valence-electron chi connectivity index (χ4n) is 3.05. The van der Waals surface area contributed by atoms with Crippen LogP contribution in [-0.2, 0) is 0 Å². The zero-order chi connectivity index (χ0) is 14.9. The van der Waals surface area contributed by atoms with Gasteiger partial charge in [-0.3, -0.25) is 0 Å². The lowest BCUT2D eigenvalue weighted by atomic mass is 9.75. The number of nitrogens with zero attached hydrogens (tertiary/aromatic N) is 1. The average Bonchev–Trinajstić information content (AvgIpc) is 2.37. The van der Waals surface area contributed by atoms with E-state index in [0.717, 1.165) is 43.1 Å². The number of benzene rings is 1. The van der Waals surface area contributed by atoms with Crippen LogP contribution in [0.2, 0.25) is 0 Å². The van der Waals surface area contributed by atoms with Gasteiger partial charge in [-0.15, -0.1) is 0 Å². The molecule has 1 aliphatic rings. The summed E-state index contributed by atoms with van der Waals surface area (Å²) in [5.74, 6) is 0.583. The minimum Gasteiger partial charge on any atom is -0.369 e. The first kappa shape index (κ1) is 15.3. The Bertz CT molecular complexity index is 455. The number of hydrogen-bond donors (Lipinski definition) is 1.